The van der Waals surface area contributed by atoms with Gasteiger partial charge in [-0.1, -0.05) is 54.0 Å². The van der Waals surface area contributed by atoms with E-state index in [1.165, 1.54) is 0 Å². The zero-order valence-electron chi connectivity index (χ0n) is 61.0. The Morgan fingerprint density at radius 2 is 0.854 bits per heavy atom. The molecular formula is C80H118O23. The highest BCUT2D eigenvalue weighted by Crippen LogP contribution is 2.55. The molecule has 4 unspecified atom stereocenters. The average Bonchev–Trinajstić information content (AvgIpc) is 1.55. The number of rotatable bonds is 6. The van der Waals surface area contributed by atoms with E-state index >= 15 is 0 Å². The van der Waals surface area contributed by atoms with Crippen molar-refractivity contribution in [2.75, 3.05) is 13.2 Å². The number of carbonyl (C=O) groups excluding carboxylic acids is 3. The van der Waals surface area contributed by atoms with Crippen LogP contribution in [-0.4, -0.2) is 250 Å². The molecule has 0 aliphatic carbocycles. The molecule has 37 atom stereocenters. The molecule has 6 N–H and O–H groups in total. The number of ether oxygens (including phenoxy) is 14. The molecule has 0 saturated carbocycles. The Hall–Kier alpha value is -2.83. The lowest BCUT2D eigenvalue weighted by Crippen LogP contribution is -2.61. The van der Waals surface area contributed by atoms with Gasteiger partial charge in [-0.25, -0.2) is 0 Å². The van der Waals surface area contributed by atoms with Crippen LogP contribution in [0.15, 0.2) is 48.6 Å². The molecule has 23 heteroatoms. The molecule has 17 rings (SSSR count). The van der Waals surface area contributed by atoms with Crippen molar-refractivity contribution in [2.24, 2.45) is 35.5 Å². The highest BCUT2D eigenvalue weighted by atomic mass is 16.8. The minimum Gasteiger partial charge on any atom is -0.394 e. The Kier molecular flexibility index (Phi) is 23.1. The van der Waals surface area contributed by atoms with E-state index in [0.29, 0.717) is 76.5 Å². The maximum Gasteiger partial charge on any atom is 0.172 e. The predicted octanol–water partition coefficient (Wildman–Crippen LogP) is 6.98. The zero-order chi connectivity index (χ0) is 72.0. The molecule has 576 valence electrons. The molecule has 17 heterocycles. The number of hydrogen-bond donors (Lipinski definition) is 6. The Morgan fingerprint density at radius 1 is 0.398 bits per heavy atom. The first-order valence-electron chi connectivity index (χ1n) is 39.9. The summed E-state index contributed by atoms with van der Waals surface area (Å²) in [6.07, 6.45) is 3.80. The third-order valence-electron chi connectivity index (χ3n) is 27.4. The van der Waals surface area contributed by atoms with Crippen LogP contribution in [0.25, 0.3) is 0 Å². The van der Waals surface area contributed by atoms with Gasteiger partial charge in [0.1, 0.15) is 78.4 Å². The fourth-order valence-electron chi connectivity index (χ4n) is 21.4. The number of Topliss-reactive ketones (excluding diaryl/α,β-unsaturated/α-hetero) is 3. The van der Waals surface area contributed by atoms with E-state index in [1.54, 1.807) is 0 Å². The van der Waals surface area contributed by atoms with E-state index < -0.39 is 66.8 Å². The van der Waals surface area contributed by atoms with E-state index in [0.717, 1.165) is 86.5 Å². The minimum absolute atomic E-state index is 0.00785. The molecule has 17 aliphatic heterocycles. The lowest BCUT2D eigenvalue weighted by atomic mass is 9.79. The smallest absolute Gasteiger partial charge is 0.172 e. The first-order valence-corrected chi connectivity index (χ1v) is 39.9. The van der Waals surface area contributed by atoms with Gasteiger partial charge >= 0.3 is 0 Å². The van der Waals surface area contributed by atoms with Gasteiger partial charge < -0.3 is 97.0 Å². The largest absolute Gasteiger partial charge is 0.394 e. The van der Waals surface area contributed by atoms with Crippen molar-refractivity contribution in [2.45, 2.75) is 384 Å². The van der Waals surface area contributed by atoms with Crippen LogP contribution in [0, 0.1) is 35.5 Å². The van der Waals surface area contributed by atoms with Gasteiger partial charge in [0, 0.05) is 77.0 Å². The molecule has 0 radical (unpaired) electrons. The number of hydrogen-bond acceptors (Lipinski definition) is 23. The number of aliphatic hydroxyl groups is 6. The summed E-state index contributed by atoms with van der Waals surface area (Å²) in [6.45, 7) is 25.5. The van der Waals surface area contributed by atoms with E-state index in [-0.39, 0.29) is 214 Å². The molecule has 103 heavy (non-hydrogen) atoms. The summed E-state index contributed by atoms with van der Waals surface area (Å²) in [4.78, 5) is 40.9. The van der Waals surface area contributed by atoms with Crippen LogP contribution in [0.3, 0.4) is 0 Å². The monoisotopic (exact) mass is 1450 g/mol. The summed E-state index contributed by atoms with van der Waals surface area (Å²) in [5.41, 5.74) is 4.26. The summed E-state index contributed by atoms with van der Waals surface area (Å²) in [7, 11) is 0. The van der Waals surface area contributed by atoms with Crippen LogP contribution in [0.1, 0.15) is 195 Å². The van der Waals surface area contributed by atoms with Crippen LogP contribution < -0.4 is 0 Å². The summed E-state index contributed by atoms with van der Waals surface area (Å²) < 4.78 is 92.3. The molecule has 1 spiro atoms. The van der Waals surface area contributed by atoms with Gasteiger partial charge in [-0.15, -0.1) is 0 Å². The van der Waals surface area contributed by atoms with Gasteiger partial charge in [0.05, 0.1) is 135 Å². The molecule has 20 bridgehead atoms. The topological polar surface area (TPSA) is 302 Å². The maximum atomic E-state index is 14.0. The Labute approximate surface area is 607 Å². The zero-order valence-corrected chi connectivity index (χ0v) is 61.0. The second kappa shape index (κ2) is 31.5. The summed E-state index contributed by atoms with van der Waals surface area (Å²) in [6, 6.07) is 0. The van der Waals surface area contributed by atoms with Crippen molar-refractivity contribution in [3.05, 3.63) is 48.6 Å². The van der Waals surface area contributed by atoms with Gasteiger partial charge in [0.25, 0.3) is 0 Å². The quantitative estimate of drug-likeness (QED) is 0.146. The highest BCUT2D eigenvalue weighted by Gasteiger charge is 2.69. The minimum atomic E-state index is -1.08. The fraction of sp³-hybridized carbons (Fsp3) is 0.863. The van der Waals surface area contributed by atoms with Crippen LogP contribution in [0.4, 0.5) is 0 Å². The van der Waals surface area contributed by atoms with E-state index in [4.69, 9.17) is 66.3 Å². The standard InChI is InChI=1S/C40H60O12.C40H58O11/c1-19-11-27-7-9-30-20(2)12-26(47-30)6-5-23(42)15-35-36(45)39-40(52-35)37(46)38-31(51-39)10-8-28(49-38)13-24(43)14-29-22(4)32(16-25(44)18-41)50-34(29)17-33(48-27)21(19)3;1-19-11-25-5-7-29-20(2)12-27(44-29)9-10-40-17-34-36(50-40)37-38(49-34)39(51-40)35-30(48-37)8-6-26(46-35)13-23(42)14-28-22(4)31(15-24(43)18-41)47-33(28)16-32(45-25)21(19)3/h19,22,25-41,44-46H,2-3,5-18H2,1,4H3;19,22,24-39,41,43H,2-3,5-18H2,1,4H3/t19-,22-,25+,26+,27+,28?,29-,30?,31+,32-,33-,34+,35-,36+,37+,38+,39+,40+;19-,22-,24+,25+,26?,27+,28-,29?,30+,31-,32-,33+,34-,35+,36+,37+,38-,39+,40+/m11/s1. The summed E-state index contributed by atoms with van der Waals surface area (Å²) in [5.74, 6) is -0.318. The number of carbonyl (C=O) groups is 3. The van der Waals surface area contributed by atoms with Crippen molar-refractivity contribution in [3.63, 3.8) is 0 Å². The lowest BCUT2D eigenvalue weighted by Gasteiger charge is -2.47. The van der Waals surface area contributed by atoms with Gasteiger partial charge in [-0.2, -0.15) is 0 Å². The molecule has 0 aromatic rings. The first-order chi connectivity index (χ1) is 49.4. The van der Waals surface area contributed by atoms with E-state index in [1.807, 2.05) is 0 Å². The normalized spacial score (nSPS) is 50.8. The van der Waals surface area contributed by atoms with Crippen molar-refractivity contribution in [1.29, 1.82) is 0 Å². The molecular weight excluding hydrogens is 1330 g/mol. The van der Waals surface area contributed by atoms with Gasteiger partial charge in [0.2, 0.25) is 0 Å². The van der Waals surface area contributed by atoms with Crippen molar-refractivity contribution in [1.82, 2.24) is 0 Å². The maximum absolute atomic E-state index is 14.0. The number of fused-ring (bicyclic) bond motifs is 13. The van der Waals surface area contributed by atoms with Crippen LogP contribution in [0.5, 0.6) is 0 Å². The molecule has 17 fully saturated rings. The molecule has 23 nitrogen and oxygen atoms in total. The number of ketones is 3. The summed E-state index contributed by atoms with van der Waals surface area (Å²) in [5, 5.41) is 62.5. The Morgan fingerprint density at radius 3 is 1.42 bits per heavy atom. The first kappa shape index (κ1) is 75.6. The van der Waals surface area contributed by atoms with Crippen LogP contribution in [-0.2, 0) is 80.7 Å². The molecule has 17 saturated heterocycles. The molecule has 17 aliphatic rings. The third-order valence-corrected chi connectivity index (χ3v) is 27.4. The average molecular weight is 1450 g/mol. The lowest BCUT2D eigenvalue weighted by molar-refractivity contribution is -0.292. The second-order valence-corrected chi connectivity index (χ2v) is 34.5. The van der Waals surface area contributed by atoms with Crippen molar-refractivity contribution >= 4 is 17.3 Å². The van der Waals surface area contributed by atoms with E-state index in [9.17, 15) is 45.0 Å². The van der Waals surface area contributed by atoms with Crippen molar-refractivity contribution in [3.8, 4) is 0 Å². The van der Waals surface area contributed by atoms with Gasteiger partial charge in [0.15, 0.2) is 5.79 Å². The Bertz CT molecular complexity index is 3070. The predicted molar refractivity (Wildman–Crippen MR) is 370 cm³/mol. The number of aliphatic hydroxyl groups excluding tert-OH is 6. The molecule has 0 aromatic carbocycles. The van der Waals surface area contributed by atoms with Crippen LogP contribution in [0.2, 0.25) is 0 Å². The van der Waals surface area contributed by atoms with Crippen LogP contribution >= 0.6 is 0 Å². The Balaban J connectivity index is 0.000000166. The highest BCUT2D eigenvalue weighted by molar-refractivity contribution is 5.80. The summed E-state index contributed by atoms with van der Waals surface area (Å²) >= 11 is 0. The van der Waals surface area contributed by atoms with Crippen molar-refractivity contribution < 1.29 is 111 Å². The molecule has 0 aromatic heterocycles. The fourth-order valence-corrected chi connectivity index (χ4v) is 21.4. The second-order valence-electron chi connectivity index (χ2n) is 34.5. The van der Waals surface area contributed by atoms with Gasteiger partial charge in [-0.05, 0) is 148 Å². The SMILES string of the molecule is C=C1C[C@@H]2CCC(=O)C[C@H]3O[C@H]4[C@@H](O)[C@H]5OC(CC[C@@H]5O[C@H]4[C@H]3O)CC(=O)C[C@@H]3[C@@H](C)[C@@H](C[C@H](O)CO)O[C@H]3C[C@H]3O[C@@H](CCC1O2)C[C@@H](C)C3=C.C=C1C[C@@H]2CC[C@@]34C[C@H]5O[C@H]6[C@@H](O3)[C@H]3OC(CC[C@@H]3O[C@H]6[C@H]5O4)CC(=O)C[C@@H]3[C@@H](C)[C@@H](C[C@H](O)CO)O[C@H]3C[C@H]3O[C@@H](CCC1O2)C[C@@H](C)C3=C. The molecule has 0 amide bonds. The third kappa shape index (κ3) is 15.8. The van der Waals surface area contributed by atoms with E-state index in [2.05, 4.69) is 54.0 Å². The van der Waals surface area contributed by atoms with Gasteiger partial charge in [-0.3, -0.25) is 14.4 Å².